The quantitative estimate of drug-likeness (QED) is 0.396. The number of sulfonamides is 1. The van der Waals surface area contributed by atoms with Crippen molar-refractivity contribution in [2.75, 3.05) is 10.0 Å². The maximum Gasteiger partial charge on any atom is 0.417 e. The van der Waals surface area contributed by atoms with Crippen LogP contribution in [0.15, 0.2) is 78.2 Å². The molecule has 0 fully saturated rings. The second-order valence-electron chi connectivity index (χ2n) is 6.66. The van der Waals surface area contributed by atoms with Crippen molar-refractivity contribution in [3.05, 3.63) is 83.9 Å². The molecule has 0 aliphatic rings. The van der Waals surface area contributed by atoms with Crippen molar-refractivity contribution in [3.63, 3.8) is 0 Å². The third kappa shape index (κ3) is 5.23. The first-order valence-electron chi connectivity index (χ1n) is 9.20. The molecule has 2 heterocycles. The predicted octanol–water partition coefficient (Wildman–Crippen LogP) is 4.88. The molecule has 2 aromatic carbocycles. The molecule has 13 heteroatoms. The van der Waals surface area contributed by atoms with Crippen LogP contribution in [0.5, 0.6) is 0 Å². The van der Waals surface area contributed by atoms with Crippen molar-refractivity contribution in [1.82, 2.24) is 19.7 Å². The first-order chi connectivity index (χ1) is 15.6. The zero-order chi connectivity index (χ0) is 23.6. The van der Waals surface area contributed by atoms with Gasteiger partial charge in [0.15, 0.2) is 5.82 Å². The van der Waals surface area contributed by atoms with Crippen LogP contribution in [0.3, 0.4) is 0 Å². The van der Waals surface area contributed by atoms with Crippen LogP contribution in [-0.2, 0) is 16.2 Å². The van der Waals surface area contributed by atoms with Crippen LogP contribution in [0.25, 0.3) is 5.82 Å². The number of hydrogen-bond donors (Lipinski definition) is 2. The van der Waals surface area contributed by atoms with Crippen molar-refractivity contribution in [1.29, 1.82) is 0 Å². The van der Waals surface area contributed by atoms with Gasteiger partial charge in [0.2, 0.25) is 0 Å². The summed E-state index contributed by atoms with van der Waals surface area (Å²) in [4.78, 5) is 7.69. The number of anilines is 3. The van der Waals surface area contributed by atoms with Gasteiger partial charge in [0.05, 0.1) is 15.5 Å². The zero-order valence-electron chi connectivity index (χ0n) is 16.5. The molecule has 2 aromatic heterocycles. The summed E-state index contributed by atoms with van der Waals surface area (Å²) in [7, 11) is -4.27. The van der Waals surface area contributed by atoms with E-state index in [2.05, 4.69) is 25.1 Å². The Morgan fingerprint density at radius 2 is 1.70 bits per heavy atom. The van der Waals surface area contributed by atoms with E-state index in [0.29, 0.717) is 23.4 Å². The van der Waals surface area contributed by atoms with E-state index >= 15 is 0 Å². The van der Waals surface area contributed by atoms with Crippen molar-refractivity contribution in [2.45, 2.75) is 11.1 Å². The lowest BCUT2D eigenvalue weighted by molar-refractivity contribution is -0.137. The van der Waals surface area contributed by atoms with Gasteiger partial charge in [0, 0.05) is 29.8 Å². The summed E-state index contributed by atoms with van der Waals surface area (Å²) in [5.74, 6) is 1.02. The number of benzene rings is 2. The van der Waals surface area contributed by atoms with Gasteiger partial charge >= 0.3 is 6.18 Å². The number of nitrogens with zero attached hydrogens (tertiary/aromatic N) is 4. The van der Waals surface area contributed by atoms with Gasteiger partial charge in [-0.05, 0) is 48.5 Å². The van der Waals surface area contributed by atoms with E-state index in [0.717, 1.165) is 12.1 Å². The monoisotopic (exact) mass is 494 g/mol. The van der Waals surface area contributed by atoms with Crippen LogP contribution in [-0.4, -0.2) is 28.2 Å². The second kappa shape index (κ2) is 8.71. The Kier molecular flexibility index (Phi) is 5.95. The maximum absolute atomic E-state index is 13.1. The van der Waals surface area contributed by atoms with E-state index in [-0.39, 0.29) is 5.69 Å². The molecule has 0 unspecified atom stereocenters. The number of aromatic nitrogens is 4. The van der Waals surface area contributed by atoms with E-state index in [1.54, 1.807) is 41.3 Å². The second-order valence-corrected chi connectivity index (χ2v) is 8.75. The molecule has 8 nitrogen and oxygen atoms in total. The van der Waals surface area contributed by atoms with Crippen LogP contribution >= 0.6 is 11.6 Å². The molecule has 0 saturated heterocycles. The highest BCUT2D eigenvalue weighted by atomic mass is 35.5. The Bertz CT molecular complexity index is 1380. The zero-order valence-corrected chi connectivity index (χ0v) is 18.0. The third-order valence-corrected chi connectivity index (χ3v) is 6.06. The summed E-state index contributed by atoms with van der Waals surface area (Å²) < 4.78 is 68.1. The number of rotatable bonds is 6. The minimum absolute atomic E-state index is 0.156. The highest BCUT2D eigenvalue weighted by Crippen LogP contribution is 2.36. The van der Waals surface area contributed by atoms with Crippen molar-refractivity contribution >= 4 is 38.8 Å². The number of halogens is 4. The number of nitrogens with one attached hydrogen (secondary N) is 2. The molecule has 0 aliphatic carbocycles. The van der Waals surface area contributed by atoms with Gasteiger partial charge in [-0.1, -0.05) is 11.6 Å². The molecule has 0 amide bonds. The highest BCUT2D eigenvalue weighted by molar-refractivity contribution is 7.92. The first kappa shape index (κ1) is 22.6. The largest absolute Gasteiger partial charge is 0.417 e. The lowest BCUT2D eigenvalue weighted by Crippen LogP contribution is -2.15. The van der Waals surface area contributed by atoms with Crippen LogP contribution in [0.2, 0.25) is 5.02 Å². The highest BCUT2D eigenvalue weighted by Gasteiger charge is 2.34. The van der Waals surface area contributed by atoms with E-state index < -0.39 is 31.7 Å². The summed E-state index contributed by atoms with van der Waals surface area (Å²) in [5.41, 5.74) is -0.483. The van der Waals surface area contributed by atoms with Gasteiger partial charge in [-0.3, -0.25) is 4.72 Å². The molecule has 4 rings (SSSR count). The van der Waals surface area contributed by atoms with Gasteiger partial charge in [0.1, 0.15) is 12.1 Å². The Labute approximate surface area is 191 Å². The lowest BCUT2D eigenvalue weighted by Gasteiger charge is -2.13. The van der Waals surface area contributed by atoms with Crippen molar-refractivity contribution in [2.24, 2.45) is 0 Å². The smallest absolute Gasteiger partial charge is 0.340 e. The molecule has 33 heavy (non-hydrogen) atoms. The minimum atomic E-state index is -4.78. The normalized spacial score (nSPS) is 11.9. The van der Waals surface area contributed by atoms with E-state index in [1.807, 2.05) is 0 Å². The van der Waals surface area contributed by atoms with Crippen molar-refractivity contribution < 1.29 is 21.6 Å². The lowest BCUT2D eigenvalue weighted by atomic mass is 10.2. The van der Waals surface area contributed by atoms with Crippen LogP contribution in [0.4, 0.5) is 30.4 Å². The average molecular weight is 495 g/mol. The first-order valence-corrected chi connectivity index (χ1v) is 11.1. The minimum Gasteiger partial charge on any atom is -0.340 e. The van der Waals surface area contributed by atoms with Gasteiger partial charge < -0.3 is 5.32 Å². The summed E-state index contributed by atoms with van der Waals surface area (Å²) in [5, 5.41) is 6.56. The Morgan fingerprint density at radius 3 is 2.36 bits per heavy atom. The van der Waals surface area contributed by atoms with E-state index in [1.165, 1.54) is 18.5 Å². The standard InChI is InChI=1S/C20H14ClF3N6O2S/c21-17-7-6-15(10-16(17)20(22,23)24)33(31,32)29-14-4-2-13(3-5-14)28-18-11-19(26-12-25-18)30-9-1-8-27-30/h1-12,29H,(H,25,26,28). The molecule has 0 aliphatic heterocycles. The van der Waals surface area contributed by atoms with Crippen LogP contribution in [0.1, 0.15) is 5.56 Å². The molecule has 170 valence electrons. The summed E-state index contributed by atoms with van der Waals surface area (Å²) in [6, 6.07) is 11.9. The molecular formula is C20H14ClF3N6O2S. The molecular weight excluding hydrogens is 481 g/mol. The fraction of sp³-hybridized carbons (Fsp3) is 0.0500. The van der Waals surface area contributed by atoms with Gasteiger partial charge in [-0.15, -0.1) is 0 Å². The Balaban J connectivity index is 1.50. The van der Waals surface area contributed by atoms with Crippen LogP contribution in [0, 0.1) is 0 Å². The molecule has 0 spiro atoms. The maximum atomic E-state index is 13.1. The Morgan fingerprint density at radius 1 is 0.970 bits per heavy atom. The molecule has 0 bridgehead atoms. The fourth-order valence-corrected chi connectivity index (χ4v) is 4.13. The Hall–Kier alpha value is -3.64. The summed E-state index contributed by atoms with van der Waals surface area (Å²) in [6.45, 7) is 0. The molecule has 0 saturated carbocycles. The summed E-state index contributed by atoms with van der Waals surface area (Å²) in [6.07, 6.45) is -0.0777. The molecule has 4 aromatic rings. The predicted molar refractivity (Wildman–Crippen MR) is 116 cm³/mol. The SMILES string of the molecule is O=S(=O)(Nc1ccc(Nc2cc(-n3cccn3)ncn2)cc1)c1ccc(Cl)c(C(F)(F)F)c1. The molecule has 2 N–H and O–H groups in total. The van der Waals surface area contributed by atoms with Gasteiger partial charge in [0.25, 0.3) is 10.0 Å². The summed E-state index contributed by atoms with van der Waals surface area (Å²) >= 11 is 5.56. The van der Waals surface area contributed by atoms with Gasteiger partial charge in [-0.2, -0.15) is 18.3 Å². The van der Waals surface area contributed by atoms with Crippen LogP contribution < -0.4 is 10.0 Å². The fourth-order valence-electron chi connectivity index (χ4n) is 2.82. The molecule has 0 radical (unpaired) electrons. The third-order valence-electron chi connectivity index (χ3n) is 4.35. The number of alkyl halides is 3. The number of hydrogen-bond acceptors (Lipinski definition) is 6. The van der Waals surface area contributed by atoms with E-state index in [4.69, 9.17) is 11.6 Å². The van der Waals surface area contributed by atoms with Crippen molar-refractivity contribution in [3.8, 4) is 5.82 Å². The van der Waals surface area contributed by atoms with E-state index in [9.17, 15) is 21.6 Å². The molecule has 0 atom stereocenters. The average Bonchev–Trinajstić information content (AvgIpc) is 3.30. The van der Waals surface area contributed by atoms with Gasteiger partial charge in [-0.25, -0.2) is 23.1 Å². The topological polar surface area (TPSA) is 102 Å².